The predicted molar refractivity (Wildman–Crippen MR) is 108 cm³/mol. The summed E-state index contributed by atoms with van der Waals surface area (Å²) in [6.07, 6.45) is 0. The monoisotopic (exact) mass is 379 g/mol. The lowest BCUT2D eigenvalue weighted by Crippen LogP contribution is -2.26. The highest BCUT2D eigenvalue weighted by atomic mass is 32.1. The number of aromatic nitrogens is 1. The molecule has 136 valence electrons. The van der Waals surface area contributed by atoms with Crippen LogP contribution in [0.15, 0.2) is 53.6 Å². The van der Waals surface area contributed by atoms with E-state index in [-0.39, 0.29) is 24.0 Å². The van der Waals surface area contributed by atoms with E-state index in [4.69, 9.17) is 5.41 Å². The molecule has 6 heteroatoms. The normalized spacial score (nSPS) is 14.3. The van der Waals surface area contributed by atoms with Crippen LogP contribution in [0.25, 0.3) is 16.8 Å². The summed E-state index contributed by atoms with van der Waals surface area (Å²) >= 11 is 1.37. The van der Waals surface area contributed by atoms with Crippen molar-refractivity contribution < 1.29 is 9.50 Å². The third kappa shape index (κ3) is 3.24. The Labute approximate surface area is 160 Å². The van der Waals surface area contributed by atoms with E-state index in [0.717, 1.165) is 22.4 Å². The van der Waals surface area contributed by atoms with Crippen LogP contribution in [0.1, 0.15) is 16.1 Å². The quantitative estimate of drug-likeness (QED) is 0.646. The molecule has 4 nitrogen and oxygen atoms in total. The fourth-order valence-electron chi connectivity index (χ4n) is 3.27. The van der Waals surface area contributed by atoms with E-state index in [1.807, 2.05) is 31.4 Å². The Morgan fingerprint density at radius 2 is 1.78 bits per heavy atom. The topological polar surface area (TPSA) is 60.2 Å². The molecule has 1 aliphatic rings. The zero-order chi connectivity index (χ0) is 19.1. The van der Waals surface area contributed by atoms with Crippen LogP contribution < -0.4 is 4.90 Å². The minimum absolute atomic E-state index is 0.138. The van der Waals surface area contributed by atoms with Gasteiger partial charge in [-0.15, -0.1) is 11.3 Å². The molecule has 1 aliphatic heterocycles. The van der Waals surface area contributed by atoms with Crippen molar-refractivity contribution in [2.24, 2.45) is 0 Å². The van der Waals surface area contributed by atoms with Crippen molar-refractivity contribution in [1.82, 2.24) is 4.98 Å². The Morgan fingerprint density at radius 3 is 2.44 bits per heavy atom. The summed E-state index contributed by atoms with van der Waals surface area (Å²) in [6, 6.07) is 12.2. The SMILES string of the molecule is Cc1cc(C)cc(N2CC(O)=C(c3nc(-c4ccc(F)cc4)cs3)C2=N)c1. The van der Waals surface area contributed by atoms with Crippen LogP contribution in [0.5, 0.6) is 0 Å². The lowest BCUT2D eigenvalue weighted by Gasteiger charge is -2.19. The van der Waals surface area contributed by atoms with Gasteiger partial charge in [0.2, 0.25) is 0 Å². The summed E-state index contributed by atoms with van der Waals surface area (Å²) in [5, 5.41) is 21.5. The van der Waals surface area contributed by atoms with Crippen LogP contribution in [0, 0.1) is 25.1 Å². The van der Waals surface area contributed by atoms with Gasteiger partial charge in [-0.3, -0.25) is 5.41 Å². The molecule has 0 amide bonds. The predicted octanol–water partition coefficient (Wildman–Crippen LogP) is 5.33. The van der Waals surface area contributed by atoms with Crippen molar-refractivity contribution in [2.45, 2.75) is 13.8 Å². The van der Waals surface area contributed by atoms with E-state index in [1.165, 1.54) is 23.5 Å². The molecule has 27 heavy (non-hydrogen) atoms. The van der Waals surface area contributed by atoms with Crippen LogP contribution in [0.2, 0.25) is 0 Å². The largest absolute Gasteiger partial charge is 0.510 e. The summed E-state index contributed by atoms with van der Waals surface area (Å²) in [4.78, 5) is 6.35. The van der Waals surface area contributed by atoms with E-state index in [2.05, 4.69) is 11.1 Å². The first-order valence-electron chi connectivity index (χ1n) is 8.51. The van der Waals surface area contributed by atoms with Gasteiger partial charge in [-0.25, -0.2) is 9.37 Å². The minimum atomic E-state index is -0.295. The number of aryl methyl sites for hydroxylation is 2. The Bertz CT molecular complexity index is 1050. The number of nitrogens with one attached hydrogen (secondary N) is 1. The molecule has 0 bridgehead atoms. The van der Waals surface area contributed by atoms with Gasteiger partial charge in [0, 0.05) is 16.6 Å². The van der Waals surface area contributed by atoms with E-state index in [9.17, 15) is 9.50 Å². The molecule has 0 atom stereocenters. The number of rotatable bonds is 3. The van der Waals surface area contributed by atoms with Crippen LogP contribution in [-0.4, -0.2) is 22.5 Å². The molecule has 2 N–H and O–H groups in total. The molecular weight excluding hydrogens is 361 g/mol. The first-order chi connectivity index (χ1) is 12.9. The van der Waals surface area contributed by atoms with Gasteiger partial charge in [0.05, 0.1) is 17.8 Å². The van der Waals surface area contributed by atoms with Crippen molar-refractivity contribution in [3.8, 4) is 11.3 Å². The van der Waals surface area contributed by atoms with E-state index < -0.39 is 0 Å². The Morgan fingerprint density at radius 1 is 1.11 bits per heavy atom. The lowest BCUT2D eigenvalue weighted by atomic mass is 10.1. The first kappa shape index (κ1) is 17.4. The molecule has 2 heterocycles. The molecule has 3 aromatic rings. The second-order valence-corrected chi connectivity index (χ2v) is 7.51. The summed E-state index contributed by atoms with van der Waals surface area (Å²) in [6.45, 7) is 4.28. The fraction of sp³-hybridized carbons (Fsp3) is 0.143. The molecule has 0 radical (unpaired) electrons. The average Bonchev–Trinajstić information content (AvgIpc) is 3.19. The number of nitrogens with zero attached hydrogens (tertiary/aromatic N) is 2. The maximum absolute atomic E-state index is 13.1. The van der Waals surface area contributed by atoms with Gasteiger partial charge in [-0.05, 0) is 61.4 Å². The first-order valence-corrected chi connectivity index (χ1v) is 9.39. The Hall–Kier alpha value is -2.99. The number of amidine groups is 1. The van der Waals surface area contributed by atoms with Crippen molar-refractivity contribution in [2.75, 3.05) is 11.4 Å². The third-order valence-electron chi connectivity index (χ3n) is 4.48. The minimum Gasteiger partial charge on any atom is -0.510 e. The molecule has 0 saturated heterocycles. The van der Waals surface area contributed by atoms with Gasteiger partial charge >= 0.3 is 0 Å². The van der Waals surface area contributed by atoms with Gasteiger partial charge in [-0.1, -0.05) is 6.07 Å². The third-order valence-corrected chi connectivity index (χ3v) is 5.34. The highest BCUT2D eigenvalue weighted by molar-refractivity contribution is 7.11. The van der Waals surface area contributed by atoms with Crippen LogP contribution >= 0.6 is 11.3 Å². The molecule has 4 rings (SSSR count). The molecule has 0 saturated carbocycles. The molecule has 0 fully saturated rings. The number of aliphatic hydroxyl groups excluding tert-OH is 1. The van der Waals surface area contributed by atoms with Crippen molar-refractivity contribution in [1.29, 1.82) is 5.41 Å². The number of halogens is 1. The summed E-state index contributed by atoms with van der Waals surface area (Å²) < 4.78 is 13.1. The number of benzene rings is 2. The fourth-order valence-corrected chi connectivity index (χ4v) is 4.17. The summed E-state index contributed by atoms with van der Waals surface area (Å²) in [5.74, 6) is 0.0767. The van der Waals surface area contributed by atoms with Crippen molar-refractivity contribution >= 4 is 28.4 Å². The maximum Gasteiger partial charge on any atom is 0.139 e. The maximum atomic E-state index is 13.1. The number of thiazole rings is 1. The highest BCUT2D eigenvalue weighted by Crippen LogP contribution is 2.34. The second-order valence-electron chi connectivity index (χ2n) is 6.65. The standard InChI is InChI=1S/C21H18FN3OS/c1-12-7-13(2)9-16(8-12)25-10-18(26)19(20(25)23)21-24-17(11-27-21)14-3-5-15(22)6-4-14/h3-9,11,23,26H,10H2,1-2H3. The van der Waals surface area contributed by atoms with Crippen molar-refractivity contribution in [3.05, 3.63) is 75.6 Å². The molecule has 0 aliphatic carbocycles. The Kier molecular flexibility index (Phi) is 4.28. The van der Waals surface area contributed by atoms with Crippen LogP contribution in [-0.2, 0) is 0 Å². The van der Waals surface area contributed by atoms with Crippen molar-refractivity contribution in [3.63, 3.8) is 0 Å². The molecule has 1 aromatic heterocycles. The second kappa shape index (κ2) is 6.63. The molecular formula is C21H18FN3OS. The number of aliphatic hydroxyl groups is 1. The smallest absolute Gasteiger partial charge is 0.139 e. The lowest BCUT2D eigenvalue weighted by molar-refractivity contribution is 0.411. The zero-order valence-electron chi connectivity index (χ0n) is 15.0. The van der Waals surface area contributed by atoms with Gasteiger partial charge in [0.15, 0.2) is 0 Å². The summed E-state index contributed by atoms with van der Waals surface area (Å²) in [5.41, 5.74) is 5.06. The van der Waals surface area contributed by atoms with E-state index in [0.29, 0.717) is 16.3 Å². The highest BCUT2D eigenvalue weighted by Gasteiger charge is 2.31. The number of hydrogen-bond acceptors (Lipinski definition) is 4. The van der Waals surface area contributed by atoms with Gasteiger partial charge < -0.3 is 10.0 Å². The van der Waals surface area contributed by atoms with Crippen LogP contribution in [0.4, 0.5) is 10.1 Å². The van der Waals surface area contributed by atoms with Gasteiger partial charge in [0.25, 0.3) is 0 Å². The summed E-state index contributed by atoms with van der Waals surface area (Å²) in [7, 11) is 0. The number of hydrogen-bond donors (Lipinski definition) is 2. The molecule has 0 spiro atoms. The van der Waals surface area contributed by atoms with Gasteiger partial charge in [-0.2, -0.15) is 0 Å². The number of anilines is 1. The average molecular weight is 379 g/mol. The van der Waals surface area contributed by atoms with Crippen LogP contribution in [0.3, 0.4) is 0 Å². The Balaban J connectivity index is 1.65. The van der Waals surface area contributed by atoms with Gasteiger partial charge in [0.1, 0.15) is 22.4 Å². The van der Waals surface area contributed by atoms with E-state index >= 15 is 0 Å². The molecule has 0 unspecified atom stereocenters. The molecule has 2 aromatic carbocycles. The zero-order valence-corrected chi connectivity index (χ0v) is 15.8. The van der Waals surface area contributed by atoms with E-state index in [1.54, 1.807) is 17.0 Å².